The van der Waals surface area contributed by atoms with Gasteiger partial charge in [-0.3, -0.25) is 0 Å². The van der Waals surface area contributed by atoms with Gasteiger partial charge in [-0.25, -0.2) is 9.97 Å². The maximum atomic E-state index is 5.59. The fourth-order valence-electron chi connectivity index (χ4n) is 2.68. The summed E-state index contributed by atoms with van der Waals surface area (Å²) in [7, 11) is 2.15. The Hall–Kier alpha value is -1.98. The zero-order chi connectivity index (χ0) is 15.4. The Labute approximate surface area is 131 Å². The van der Waals surface area contributed by atoms with Gasteiger partial charge in [0, 0.05) is 37.9 Å². The van der Waals surface area contributed by atoms with Gasteiger partial charge in [0.2, 0.25) is 5.95 Å². The molecule has 1 aliphatic rings. The zero-order valence-electron chi connectivity index (χ0n) is 13.1. The molecule has 0 unspecified atom stereocenters. The number of rotatable bonds is 4. The molecule has 0 bridgehead atoms. The van der Waals surface area contributed by atoms with Crippen LogP contribution in [0.25, 0.3) is 11.3 Å². The first-order valence-electron chi connectivity index (χ1n) is 7.82. The lowest BCUT2D eigenvalue weighted by Gasteiger charge is -2.32. The summed E-state index contributed by atoms with van der Waals surface area (Å²) >= 11 is 0. The maximum absolute atomic E-state index is 5.59. The van der Waals surface area contributed by atoms with Crippen molar-refractivity contribution in [3.63, 3.8) is 0 Å². The summed E-state index contributed by atoms with van der Waals surface area (Å²) in [5, 5.41) is 0. The smallest absolute Gasteiger partial charge is 0.225 e. The second kappa shape index (κ2) is 6.85. The quantitative estimate of drug-likeness (QED) is 0.924. The molecule has 5 heteroatoms. The van der Waals surface area contributed by atoms with Gasteiger partial charge in [-0.05, 0) is 31.6 Å². The van der Waals surface area contributed by atoms with Crippen LogP contribution in [0, 0.1) is 0 Å². The monoisotopic (exact) mass is 297 g/mol. The van der Waals surface area contributed by atoms with Crippen LogP contribution >= 0.6 is 0 Å². The number of hydrogen-bond acceptors (Lipinski definition) is 5. The van der Waals surface area contributed by atoms with E-state index in [1.807, 2.05) is 12.3 Å². The molecule has 1 aromatic carbocycles. The van der Waals surface area contributed by atoms with Crippen LogP contribution in [0.15, 0.2) is 36.5 Å². The Balaban J connectivity index is 1.78. The number of likely N-dealkylation sites (N-methyl/N-ethyl adjacent to an activating group) is 1. The molecule has 5 nitrogen and oxygen atoms in total. The van der Waals surface area contributed by atoms with Crippen molar-refractivity contribution >= 4 is 5.95 Å². The van der Waals surface area contributed by atoms with Crippen LogP contribution in [0.4, 0.5) is 5.95 Å². The van der Waals surface area contributed by atoms with E-state index in [2.05, 4.69) is 46.1 Å². The van der Waals surface area contributed by atoms with E-state index in [0.29, 0.717) is 6.54 Å². The van der Waals surface area contributed by atoms with Gasteiger partial charge in [0.05, 0.1) is 5.69 Å². The molecule has 0 atom stereocenters. The summed E-state index contributed by atoms with van der Waals surface area (Å²) in [4.78, 5) is 13.8. The molecule has 3 rings (SSSR count). The molecule has 0 saturated carbocycles. The molecule has 1 saturated heterocycles. The minimum absolute atomic E-state index is 0.681. The van der Waals surface area contributed by atoms with Crippen molar-refractivity contribution < 1.29 is 0 Å². The Morgan fingerprint density at radius 1 is 1.05 bits per heavy atom. The van der Waals surface area contributed by atoms with Crippen LogP contribution in [0.5, 0.6) is 0 Å². The third-order valence-electron chi connectivity index (χ3n) is 4.11. The topological polar surface area (TPSA) is 58.3 Å². The van der Waals surface area contributed by atoms with Crippen molar-refractivity contribution in [2.45, 2.75) is 6.42 Å². The first kappa shape index (κ1) is 14.9. The summed E-state index contributed by atoms with van der Waals surface area (Å²) < 4.78 is 0. The normalized spacial score (nSPS) is 16.0. The van der Waals surface area contributed by atoms with Crippen molar-refractivity contribution in [2.75, 3.05) is 44.7 Å². The first-order valence-corrected chi connectivity index (χ1v) is 7.82. The molecule has 1 aromatic heterocycles. The van der Waals surface area contributed by atoms with E-state index in [-0.39, 0.29) is 0 Å². The molecule has 1 fully saturated rings. The number of anilines is 1. The van der Waals surface area contributed by atoms with E-state index in [1.54, 1.807) is 0 Å². The Kier molecular flexibility index (Phi) is 4.65. The molecule has 116 valence electrons. The van der Waals surface area contributed by atoms with Crippen molar-refractivity contribution in [3.8, 4) is 11.3 Å². The number of hydrogen-bond donors (Lipinski definition) is 1. The van der Waals surface area contributed by atoms with Gasteiger partial charge in [0.15, 0.2) is 0 Å². The van der Waals surface area contributed by atoms with Crippen LogP contribution < -0.4 is 10.6 Å². The molecular formula is C17H23N5. The summed E-state index contributed by atoms with van der Waals surface area (Å²) in [6, 6.07) is 10.4. The maximum Gasteiger partial charge on any atom is 0.225 e. The molecule has 22 heavy (non-hydrogen) atoms. The molecule has 2 heterocycles. The fourth-order valence-corrected chi connectivity index (χ4v) is 2.68. The number of aromatic nitrogens is 2. The van der Waals surface area contributed by atoms with Gasteiger partial charge >= 0.3 is 0 Å². The van der Waals surface area contributed by atoms with E-state index in [4.69, 9.17) is 10.7 Å². The van der Waals surface area contributed by atoms with Gasteiger partial charge < -0.3 is 15.5 Å². The molecule has 0 amide bonds. The largest absolute Gasteiger partial charge is 0.338 e. The first-order chi connectivity index (χ1) is 10.8. The van der Waals surface area contributed by atoms with Crippen LogP contribution in [0.2, 0.25) is 0 Å². The van der Waals surface area contributed by atoms with E-state index >= 15 is 0 Å². The highest BCUT2D eigenvalue weighted by Gasteiger charge is 2.16. The van der Waals surface area contributed by atoms with Crippen molar-refractivity contribution in [3.05, 3.63) is 42.1 Å². The number of benzene rings is 1. The predicted molar refractivity (Wildman–Crippen MR) is 89.9 cm³/mol. The Morgan fingerprint density at radius 3 is 2.45 bits per heavy atom. The second-order valence-corrected chi connectivity index (χ2v) is 5.77. The number of nitrogens with zero attached hydrogens (tertiary/aromatic N) is 4. The average molecular weight is 297 g/mol. The van der Waals surface area contributed by atoms with E-state index in [0.717, 1.165) is 49.8 Å². The third-order valence-corrected chi connectivity index (χ3v) is 4.11. The van der Waals surface area contributed by atoms with Gasteiger partial charge in [-0.15, -0.1) is 0 Å². The minimum atomic E-state index is 0.681. The standard InChI is InChI=1S/C17H23N5/c1-21-10-12-22(13-11-21)17-19-9-7-16(20-17)15-4-2-14(3-5-15)6-8-18/h2-5,7,9H,6,8,10-13,18H2,1H3. The van der Waals surface area contributed by atoms with E-state index < -0.39 is 0 Å². The summed E-state index contributed by atoms with van der Waals surface area (Å²) in [6.45, 7) is 4.76. The van der Waals surface area contributed by atoms with Crippen LogP contribution in [0.3, 0.4) is 0 Å². The predicted octanol–water partition coefficient (Wildman–Crippen LogP) is 1.40. The Morgan fingerprint density at radius 2 is 1.77 bits per heavy atom. The number of nitrogens with two attached hydrogens (primary N) is 1. The molecular weight excluding hydrogens is 274 g/mol. The lowest BCUT2D eigenvalue weighted by molar-refractivity contribution is 0.311. The van der Waals surface area contributed by atoms with Gasteiger partial charge in [-0.1, -0.05) is 24.3 Å². The average Bonchev–Trinajstić information content (AvgIpc) is 2.57. The van der Waals surface area contributed by atoms with Gasteiger partial charge in [-0.2, -0.15) is 0 Å². The highest BCUT2D eigenvalue weighted by molar-refractivity contribution is 5.60. The van der Waals surface area contributed by atoms with Crippen molar-refractivity contribution in [2.24, 2.45) is 5.73 Å². The zero-order valence-corrected chi connectivity index (χ0v) is 13.1. The number of piperazine rings is 1. The Bertz CT molecular complexity index is 603. The van der Waals surface area contributed by atoms with E-state index in [1.165, 1.54) is 5.56 Å². The van der Waals surface area contributed by atoms with Crippen LogP contribution in [-0.2, 0) is 6.42 Å². The van der Waals surface area contributed by atoms with Gasteiger partial charge in [0.25, 0.3) is 0 Å². The van der Waals surface area contributed by atoms with Crippen molar-refractivity contribution in [1.29, 1.82) is 0 Å². The molecule has 2 N–H and O–H groups in total. The summed E-state index contributed by atoms with van der Waals surface area (Å²) in [5.41, 5.74) is 8.95. The van der Waals surface area contributed by atoms with Gasteiger partial charge in [0.1, 0.15) is 0 Å². The SMILES string of the molecule is CN1CCN(c2nccc(-c3ccc(CCN)cc3)n2)CC1. The molecule has 2 aromatic rings. The molecule has 0 spiro atoms. The summed E-state index contributed by atoms with van der Waals surface area (Å²) in [5.74, 6) is 0.830. The fraction of sp³-hybridized carbons (Fsp3) is 0.412. The summed E-state index contributed by atoms with van der Waals surface area (Å²) in [6.07, 6.45) is 2.76. The lowest BCUT2D eigenvalue weighted by Crippen LogP contribution is -2.45. The lowest BCUT2D eigenvalue weighted by atomic mass is 10.1. The second-order valence-electron chi connectivity index (χ2n) is 5.77. The highest BCUT2D eigenvalue weighted by atomic mass is 15.3. The molecule has 0 aliphatic carbocycles. The molecule has 0 radical (unpaired) electrons. The van der Waals surface area contributed by atoms with E-state index in [9.17, 15) is 0 Å². The van der Waals surface area contributed by atoms with Crippen molar-refractivity contribution in [1.82, 2.24) is 14.9 Å². The van der Waals surface area contributed by atoms with Crippen LogP contribution in [-0.4, -0.2) is 54.6 Å². The van der Waals surface area contributed by atoms with Crippen LogP contribution in [0.1, 0.15) is 5.56 Å². The third kappa shape index (κ3) is 3.43. The minimum Gasteiger partial charge on any atom is -0.338 e. The molecule has 1 aliphatic heterocycles. The highest BCUT2D eigenvalue weighted by Crippen LogP contribution is 2.20.